The van der Waals surface area contributed by atoms with E-state index in [1.54, 1.807) is 7.11 Å². The molecule has 24 heavy (non-hydrogen) atoms. The van der Waals surface area contributed by atoms with Crippen molar-refractivity contribution < 1.29 is 14.3 Å². The minimum Gasteiger partial charge on any atom is -0.497 e. The average Bonchev–Trinajstić information content (AvgIpc) is 2.77. The van der Waals surface area contributed by atoms with E-state index in [0.717, 1.165) is 25.0 Å². The zero-order valence-electron chi connectivity index (χ0n) is 15.3. The van der Waals surface area contributed by atoms with Crippen molar-refractivity contribution in [1.29, 1.82) is 0 Å². The topological polar surface area (TPSA) is 38.8 Å². The molecule has 2 unspecified atom stereocenters. The summed E-state index contributed by atoms with van der Waals surface area (Å²) in [5.41, 5.74) is 3.34. The number of carbonyl (C=O) groups is 1. The molecular formula is C20H27NO3. The largest absolute Gasteiger partial charge is 0.497 e. The lowest BCUT2D eigenvalue weighted by Crippen LogP contribution is -2.45. The van der Waals surface area contributed by atoms with Crippen molar-refractivity contribution in [3.63, 3.8) is 0 Å². The Bertz CT molecular complexity index is 672. The molecule has 4 heteroatoms. The van der Waals surface area contributed by atoms with Crippen molar-refractivity contribution in [3.8, 4) is 5.75 Å². The van der Waals surface area contributed by atoms with Gasteiger partial charge in [-0.25, -0.2) is 4.79 Å². The number of methoxy groups -OCH3 is 1. The average molecular weight is 329 g/mol. The van der Waals surface area contributed by atoms with Gasteiger partial charge in [-0.15, -0.1) is 0 Å². The molecule has 4 nitrogen and oxygen atoms in total. The summed E-state index contributed by atoms with van der Waals surface area (Å²) >= 11 is 0. The molecule has 2 bridgehead atoms. The van der Waals surface area contributed by atoms with Crippen molar-refractivity contribution in [2.24, 2.45) is 0 Å². The number of amides is 1. The molecule has 2 aliphatic rings. The molecule has 0 N–H and O–H groups in total. The smallest absolute Gasteiger partial charge is 0.411 e. The fourth-order valence-corrected chi connectivity index (χ4v) is 3.70. The van der Waals surface area contributed by atoms with Gasteiger partial charge in [0.15, 0.2) is 0 Å². The minimum atomic E-state index is -0.454. The van der Waals surface area contributed by atoms with Gasteiger partial charge in [-0.1, -0.05) is 12.1 Å². The van der Waals surface area contributed by atoms with Crippen molar-refractivity contribution >= 4 is 11.7 Å². The Kier molecular flexibility index (Phi) is 4.33. The van der Waals surface area contributed by atoms with Gasteiger partial charge in [-0.05, 0) is 75.8 Å². The predicted octanol–water partition coefficient (Wildman–Crippen LogP) is 4.56. The molecular weight excluding hydrogens is 302 g/mol. The Labute approximate surface area is 144 Å². The van der Waals surface area contributed by atoms with Crippen LogP contribution in [0.4, 0.5) is 4.79 Å². The Morgan fingerprint density at radius 2 is 2.00 bits per heavy atom. The third kappa shape index (κ3) is 3.28. The number of rotatable bonds is 2. The fraction of sp³-hybridized carbons (Fsp3) is 0.550. The maximum Gasteiger partial charge on any atom is 0.411 e. The van der Waals surface area contributed by atoms with Gasteiger partial charge < -0.3 is 9.47 Å². The lowest BCUT2D eigenvalue weighted by molar-refractivity contribution is 0.0175. The summed E-state index contributed by atoms with van der Waals surface area (Å²) in [5, 5.41) is 0. The highest BCUT2D eigenvalue weighted by Crippen LogP contribution is 2.40. The Morgan fingerprint density at radius 1 is 1.25 bits per heavy atom. The van der Waals surface area contributed by atoms with Crippen molar-refractivity contribution in [1.82, 2.24) is 4.90 Å². The Morgan fingerprint density at radius 3 is 2.62 bits per heavy atom. The zero-order valence-corrected chi connectivity index (χ0v) is 15.3. The van der Waals surface area contributed by atoms with Crippen LogP contribution in [0.2, 0.25) is 0 Å². The Hall–Kier alpha value is -1.97. The Balaban J connectivity index is 1.86. The number of carbonyl (C=O) groups excluding carboxylic acids is 1. The van der Waals surface area contributed by atoms with Crippen molar-refractivity contribution in [2.75, 3.05) is 7.11 Å². The molecule has 3 rings (SSSR count). The first-order valence-electron chi connectivity index (χ1n) is 8.65. The highest BCUT2D eigenvalue weighted by atomic mass is 16.6. The van der Waals surface area contributed by atoms with Crippen LogP contribution in [0.25, 0.3) is 5.57 Å². The van der Waals surface area contributed by atoms with Gasteiger partial charge in [0.1, 0.15) is 11.4 Å². The SMILES string of the molecule is COc1ccc(C)c(C2=CC3CCC(C2)N3C(=O)OC(C)(C)C)c1. The van der Waals surface area contributed by atoms with E-state index in [9.17, 15) is 4.79 Å². The van der Waals surface area contributed by atoms with E-state index in [1.165, 1.54) is 16.7 Å². The number of nitrogens with zero attached hydrogens (tertiary/aromatic N) is 1. The molecule has 1 amide bonds. The number of hydrogen-bond acceptors (Lipinski definition) is 3. The van der Waals surface area contributed by atoms with Crippen LogP contribution in [0.5, 0.6) is 5.75 Å². The minimum absolute atomic E-state index is 0.138. The van der Waals surface area contributed by atoms with E-state index < -0.39 is 5.60 Å². The maximum atomic E-state index is 12.5. The summed E-state index contributed by atoms with van der Waals surface area (Å²) < 4.78 is 11.0. The second-order valence-corrected chi connectivity index (χ2v) is 7.76. The van der Waals surface area contributed by atoms with Crippen LogP contribution in [0.1, 0.15) is 51.2 Å². The van der Waals surface area contributed by atoms with E-state index in [4.69, 9.17) is 9.47 Å². The van der Waals surface area contributed by atoms with Crippen molar-refractivity contribution in [3.05, 3.63) is 35.4 Å². The van der Waals surface area contributed by atoms with Gasteiger partial charge in [-0.2, -0.15) is 0 Å². The first kappa shape index (κ1) is 16.9. The first-order valence-corrected chi connectivity index (χ1v) is 8.65. The number of benzene rings is 1. The van der Waals surface area contributed by atoms with Crippen LogP contribution < -0.4 is 4.74 Å². The van der Waals surface area contributed by atoms with E-state index in [0.29, 0.717) is 0 Å². The summed E-state index contributed by atoms with van der Waals surface area (Å²) in [6.45, 7) is 7.87. The monoisotopic (exact) mass is 329 g/mol. The lowest BCUT2D eigenvalue weighted by Gasteiger charge is -2.35. The summed E-state index contributed by atoms with van der Waals surface area (Å²) in [6, 6.07) is 6.56. The first-order chi connectivity index (χ1) is 11.3. The van der Waals surface area contributed by atoms with E-state index in [1.807, 2.05) is 31.7 Å². The normalized spacial score (nSPS) is 23.0. The predicted molar refractivity (Wildman–Crippen MR) is 95.2 cm³/mol. The molecule has 0 aliphatic carbocycles. The lowest BCUT2D eigenvalue weighted by atomic mass is 9.92. The molecule has 1 aromatic carbocycles. The molecule has 2 atom stereocenters. The van der Waals surface area contributed by atoms with Gasteiger partial charge in [0, 0.05) is 6.04 Å². The van der Waals surface area contributed by atoms with E-state index in [2.05, 4.69) is 25.1 Å². The van der Waals surface area contributed by atoms with Gasteiger partial charge in [0.2, 0.25) is 0 Å². The number of aryl methyl sites for hydroxylation is 1. The summed E-state index contributed by atoms with van der Waals surface area (Å²) in [5.74, 6) is 0.874. The zero-order chi connectivity index (χ0) is 17.5. The summed E-state index contributed by atoms with van der Waals surface area (Å²) in [4.78, 5) is 14.5. The molecule has 1 fully saturated rings. The standard InChI is InChI=1S/C20H27NO3/c1-13-6-9-17(23-5)12-18(13)14-10-15-7-8-16(11-14)21(15)19(22)24-20(2,3)4/h6,9-10,12,15-16H,7-8,11H2,1-5H3. The van der Waals surface area contributed by atoms with Crippen LogP contribution >= 0.6 is 0 Å². The third-order valence-electron chi connectivity index (χ3n) is 4.79. The number of hydrogen-bond donors (Lipinski definition) is 0. The van der Waals surface area contributed by atoms with Crippen LogP contribution in [0.15, 0.2) is 24.3 Å². The van der Waals surface area contributed by atoms with E-state index in [-0.39, 0.29) is 18.2 Å². The van der Waals surface area contributed by atoms with Crippen molar-refractivity contribution in [2.45, 2.75) is 64.6 Å². The number of ether oxygens (including phenoxy) is 2. The molecule has 130 valence electrons. The molecule has 0 saturated carbocycles. The van der Waals surface area contributed by atoms with Crippen LogP contribution in [0, 0.1) is 6.92 Å². The quantitative estimate of drug-likeness (QED) is 0.798. The van der Waals surface area contributed by atoms with Gasteiger partial charge >= 0.3 is 6.09 Å². The van der Waals surface area contributed by atoms with Gasteiger partial charge in [0.25, 0.3) is 0 Å². The molecule has 2 aliphatic heterocycles. The summed E-state index contributed by atoms with van der Waals surface area (Å²) in [7, 11) is 1.69. The molecule has 0 radical (unpaired) electrons. The molecule has 1 aromatic rings. The van der Waals surface area contributed by atoms with Gasteiger partial charge in [0.05, 0.1) is 13.2 Å². The molecule has 1 saturated heterocycles. The molecule has 0 aromatic heterocycles. The third-order valence-corrected chi connectivity index (χ3v) is 4.79. The fourth-order valence-electron chi connectivity index (χ4n) is 3.70. The van der Waals surface area contributed by atoms with E-state index >= 15 is 0 Å². The second-order valence-electron chi connectivity index (χ2n) is 7.76. The van der Waals surface area contributed by atoms with Crippen LogP contribution in [0.3, 0.4) is 0 Å². The molecule has 0 spiro atoms. The highest BCUT2D eigenvalue weighted by Gasteiger charge is 2.41. The number of fused-ring (bicyclic) bond motifs is 2. The second kappa shape index (κ2) is 6.15. The van der Waals surface area contributed by atoms with Gasteiger partial charge in [-0.3, -0.25) is 4.90 Å². The van der Waals surface area contributed by atoms with Crippen LogP contribution in [-0.2, 0) is 4.74 Å². The molecule has 2 heterocycles. The maximum absolute atomic E-state index is 12.5. The summed E-state index contributed by atoms with van der Waals surface area (Å²) in [6.07, 6.45) is 4.98. The van der Waals surface area contributed by atoms with Crippen LogP contribution in [-0.4, -0.2) is 35.8 Å². The highest BCUT2D eigenvalue weighted by molar-refractivity contribution is 5.76.